The fourth-order valence-electron chi connectivity index (χ4n) is 3.21. The van der Waals surface area contributed by atoms with Crippen LogP contribution in [0.2, 0.25) is 0 Å². The number of amides is 1. The minimum Gasteiger partial charge on any atom is -0.336 e. The summed E-state index contributed by atoms with van der Waals surface area (Å²) in [6.45, 7) is 0.545. The Hall–Kier alpha value is -3.45. The number of fused-ring (bicyclic) bond motifs is 3. The molecule has 0 N–H and O–H groups in total. The molecule has 1 aliphatic rings. The number of pyridine rings is 1. The standard InChI is InChI=1S/C21H15N3O/c1-24-13-17-8-7-16(15-5-2-4-14(10-15)12-22)11-19(17)18-6-3-9-23-20(18)21(24)25/h2-11H,13H2,1H3. The molecule has 0 saturated carbocycles. The van der Waals surface area contributed by atoms with Crippen molar-refractivity contribution < 1.29 is 4.79 Å². The van der Waals surface area contributed by atoms with Crippen LogP contribution in [0.4, 0.5) is 0 Å². The first-order valence-corrected chi connectivity index (χ1v) is 8.01. The maximum Gasteiger partial charge on any atom is 0.273 e. The van der Waals surface area contributed by atoms with Crippen LogP contribution in [-0.2, 0) is 6.54 Å². The van der Waals surface area contributed by atoms with Gasteiger partial charge in [0.15, 0.2) is 0 Å². The fraction of sp³-hybridized carbons (Fsp3) is 0.0952. The molecule has 0 atom stereocenters. The fourth-order valence-corrected chi connectivity index (χ4v) is 3.21. The molecule has 0 bridgehead atoms. The van der Waals surface area contributed by atoms with Crippen molar-refractivity contribution in [1.29, 1.82) is 5.26 Å². The summed E-state index contributed by atoms with van der Waals surface area (Å²) in [7, 11) is 1.79. The normalized spacial score (nSPS) is 12.8. The molecule has 0 spiro atoms. The second-order valence-corrected chi connectivity index (χ2v) is 6.13. The van der Waals surface area contributed by atoms with Crippen molar-refractivity contribution in [3.63, 3.8) is 0 Å². The number of rotatable bonds is 1. The highest BCUT2D eigenvalue weighted by Gasteiger charge is 2.24. The molecule has 0 aliphatic carbocycles. The Morgan fingerprint density at radius 3 is 2.72 bits per heavy atom. The molecular formula is C21H15N3O. The van der Waals surface area contributed by atoms with E-state index in [1.54, 1.807) is 24.2 Å². The molecule has 120 valence electrons. The van der Waals surface area contributed by atoms with Gasteiger partial charge in [0.1, 0.15) is 5.69 Å². The maximum absolute atomic E-state index is 12.6. The molecule has 0 saturated heterocycles. The Morgan fingerprint density at radius 1 is 1.04 bits per heavy atom. The molecule has 1 amide bonds. The van der Waals surface area contributed by atoms with Gasteiger partial charge in [-0.25, -0.2) is 0 Å². The molecule has 0 fully saturated rings. The van der Waals surface area contributed by atoms with Crippen LogP contribution in [0, 0.1) is 11.3 Å². The topological polar surface area (TPSA) is 57.0 Å². The lowest BCUT2D eigenvalue weighted by molar-refractivity contribution is 0.0783. The highest BCUT2D eigenvalue weighted by Crippen LogP contribution is 2.34. The summed E-state index contributed by atoms with van der Waals surface area (Å²) in [6, 6.07) is 19.7. The van der Waals surface area contributed by atoms with Crippen LogP contribution in [0.25, 0.3) is 22.3 Å². The van der Waals surface area contributed by atoms with Crippen molar-refractivity contribution in [3.05, 3.63) is 77.6 Å². The molecule has 0 radical (unpaired) electrons. The first-order valence-electron chi connectivity index (χ1n) is 8.01. The van der Waals surface area contributed by atoms with E-state index in [4.69, 9.17) is 5.26 Å². The number of aromatic nitrogens is 1. The van der Waals surface area contributed by atoms with Gasteiger partial charge in [0.05, 0.1) is 11.6 Å². The van der Waals surface area contributed by atoms with Crippen LogP contribution in [0.5, 0.6) is 0 Å². The Kier molecular flexibility index (Phi) is 3.55. The molecule has 2 heterocycles. The van der Waals surface area contributed by atoms with Crippen LogP contribution < -0.4 is 0 Å². The SMILES string of the molecule is CN1Cc2ccc(-c3cccc(C#N)c3)cc2-c2cccnc2C1=O. The lowest BCUT2D eigenvalue weighted by atomic mass is 9.94. The summed E-state index contributed by atoms with van der Waals surface area (Å²) in [5, 5.41) is 9.13. The zero-order chi connectivity index (χ0) is 17.4. The number of nitrogens with zero attached hydrogens (tertiary/aromatic N) is 3. The van der Waals surface area contributed by atoms with E-state index < -0.39 is 0 Å². The van der Waals surface area contributed by atoms with Gasteiger partial charge < -0.3 is 4.90 Å². The van der Waals surface area contributed by atoms with Crippen molar-refractivity contribution >= 4 is 5.91 Å². The average Bonchev–Trinajstić information content (AvgIpc) is 2.77. The Labute approximate surface area is 146 Å². The van der Waals surface area contributed by atoms with Gasteiger partial charge in [0.2, 0.25) is 0 Å². The van der Waals surface area contributed by atoms with Gasteiger partial charge in [0, 0.05) is 25.4 Å². The summed E-state index contributed by atoms with van der Waals surface area (Å²) < 4.78 is 0. The van der Waals surface area contributed by atoms with Gasteiger partial charge in [-0.2, -0.15) is 5.26 Å². The van der Waals surface area contributed by atoms with Crippen molar-refractivity contribution in [2.45, 2.75) is 6.54 Å². The minimum absolute atomic E-state index is 0.0696. The van der Waals surface area contributed by atoms with E-state index in [1.165, 1.54) is 0 Å². The predicted octanol–water partition coefficient (Wildman–Crippen LogP) is 3.87. The van der Waals surface area contributed by atoms with E-state index in [0.29, 0.717) is 17.8 Å². The largest absolute Gasteiger partial charge is 0.336 e. The number of hydrogen-bond donors (Lipinski definition) is 0. The summed E-state index contributed by atoms with van der Waals surface area (Å²) in [5.41, 5.74) is 6.06. The third-order valence-corrected chi connectivity index (χ3v) is 4.49. The monoisotopic (exact) mass is 325 g/mol. The number of benzene rings is 2. The Morgan fingerprint density at radius 2 is 1.88 bits per heavy atom. The first-order chi connectivity index (χ1) is 12.2. The maximum atomic E-state index is 12.6. The predicted molar refractivity (Wildman–Crippen MR) is 95.6 cm³/mol. The summed E-state index contributed by atoms with van der Waals surface area (Å²) in [4.78, 5) is 18.6. The zero-order valence-corrected chi connectivity index (χ0v) is 13.7. The molecule has 1 aromatic heterocycles. The van der Waals surface area contributed by atoms with Crippen LogP contribution >= 0.6 is 0 Å². The lowest BCUT2D eigenvalue weighted by Crippen LogP contribution is -2.25. The van der Waals surface area contributed by atoms with E-state index in [9.17, 15) is 4.79 Å². The van der Waals surface area contributed by atoms with Crippen LogP contribution in [0.1, 0.15) is 21.6 Å². The Balaban J connectivity index is 1.92. The number of carbonyl (C=O) groups excluding carboxylic acids is 1. The summed E-state index contributed by atoms with van der Waals surface area (Å²) in [5.74, 6) is -0.0696. The first kappa shape index (κ1) is 15.1. The lowest BCUT2D eigenvalue weighted by Gasteiger charge is -2.14. The van der Waals surface area contributed by atoms with E-state index in [-0.39, 0.29) is 5.91 Å². The highest BCUT2D eigenvalue weighted by atomic mass is 16.2. The highest BCUT2D eigenvalue weighted by molar-refractivity contribution is 6.00. The molecule has 3 aromatic rings. The second kappa shape index (κ2) is 5.88. The quantitative estimate of drug-likeness (QED) is 0.682. The van der Waals surface area contributed by atoms with Crippen LogP contribution in [0.15, 0.2) is 60.8 Å². The summed E-state index contributed by atoms with van der Waals surface area (Å²) in [6.07, 6.45) is 1.65. The van der Waals surface area contributed by atoms with Gasteiger partial charge in [-0.3, -0.25) is 9.78 Å². The number of carbonyl (C=O) groups is 1. The number of hydrogen-bond acceptors (Lipinski definition) is 3. The smallest absolute Gasteiger partial charge is 0.273 e. The van der Waals surface area contributed by atoms with Crippen molar-refractivity contribution in [3.8, 4) is 28.3 Å². The molecule has 0 unspecified atom stereocenters. The van der Waals surface area contributed by atoms with E-state index in [2.05, 4.69) is 23.2 Å². The van der Waals surface area contributed by atoms with Gasteiger partial charge in [-0.15, -0.1) is 0 Å². The van der Waals surface area contributed by atoms with E-state index >= 15 is 0 Å². The third kappa shape index (κ3) is 2.56. The van der Waals surface area contributed by atoms with Gasteiger partial charge in [0.25, 0.3) is 5.91 Å². The molecule has 2 aromatic carbocycles. The molecule has 1 aliphatic heterocycles. The Bertz CT molecular complexity index is 1030. The minimum atomic E-state index is -0.0696. The van der Waals surface area contributed by atoms with E-state index in [0.717, 1.165) is 27.8 Å². The zero-order valence-electron chi connectivity index (χ0n) is 13.7. The van der Waals surface area contributed by atoms with Gasteiger partial charge in [-0.05, 0) is 46.5 Å². The van der Waals surface area contributed by atoms with Gasteiger partial charge in [-0.1, -0.05) is 30.3 Å². The van der Waals surface area contributed by atoms with Crippen molar-refractivity contribution in [2.75, 3.05) is 7.05 Å². The van der Waals surface area contributed by atoms with Crippen molar-refractivity contribution in [1.82, 2.24) is 9.88 Å². The van der Waals surface area contributed by atoms with Crippen molar-refractivity contribution in [2.24, 2.45) is 0 Å². The average molecular weight is 325 g/mol. The van der Waals surface area contributed by atoms with Crippen LogP contribution in [0.3, 0.4) is 0 Å². The van der Waals surface area contributed by atoms with Crippen LogP contribution in [-0.4, -0.2) is 22.8 Å². The molecule has 4 heteroatoms. The molecule has 25 heavy (non-hydrogen) atoms. The summed E-state index contributed by atoms with van der Waals surface area (Å²) >= 11 is 0. The molecule has 4 rings (SSSR count). The second-order valence-electron chi connectivity index (χ2n) is 6.13. The molecular weight excluding hydrogens is 310 g/mol. The third-order valence-electron chi connectivity index (χ3n) is 4.49. The van der Waals surface area contributed by atoms with E-state index in [1.807, 2.05) is 36.4 Å². The number of nitriles is 1. The van der Waals surface area contributed by atoms with Gasteiger partial charge >= 0.3 is 0 Å². The molecule has 4 nitrogen and oxygen atoms in total.